The second kappa shape index (κ2) is 66.3. The highest BCUT2D eigenvalue weighted by Gasteiger charge is 2.30. The Labute approximate surface area is 562 Å². The molecule has 0 aliphatic rings. The van der Waals surface area contributed by atoms with E-state index in [1.54, 1.807) is 0 Å². The van der Waals surface area contributed by atoms with E-state index in [0.29, 0.717) is 31.6 Å². The predicted molar refractivity (Wildman–Crippen MR) is 372 cm³/mol. The van der Waals surface area contributed by atoms with Gasteiger partial charge in [0.2, 0.25) is 0 Å². The van der Waals surface area contributed by atoms with E-state index in [4.69, 9.17) is 37.0 Å². The highest BCUT2D eigenvalue weighted by molar-refractivity contribution is 7.47. The zero-order chi connectivity index (χ0) is 67.7. The number of esters is 4. The molecule has 0 heterocycles. The third-order valence-corrected chi connectivity index (χ3v) is 18.9. The quantitative estimate of drug-likeness (QED) is 0.0222. The summed E-state index contributed by atoms with van der Waals surface area (Å²) in [4.78, 5) is 72.7. The molecule has 3 N–H and O–H groups in total. The summed E-state index contributed by atoms with van der Waals surface area (Å²) in [5.74, 6) is -1.44. The Bertz CT molecular complexity index is 1770. The van der Waals surface area contributed by atoms with Crippen molar-refractivity contribution < 1.29 is 80.2 Å². The molecule has 0 aromatic carbocycles. The molecule has 0 aliphatic carbocycles. The molecule has 17 nitrogen and oxygen atoms in total. The Morgan fingerprint density at radius 2 is 0.500 bits per heavy atom. The first-order valence-corrected chi connectivity index (χ1v) is 41.1. The van der Waals surface area contributed by atoms with Crippen molar-refractivity contribution in [3.05, 3.63) is 0 Å². The van der Waals surface area contributed by atoms with E-state index in [1.165, 1.54) is 199 Å². The number of phosphoric acid groups is 2. The third kappa shape index (κ3) is 66.7. The SMILES string of the molecule is CCCCCCCCCCCCCCCCCC(=O)O[C@H](COC(=O)CCCCCCCCCCCCCCCC)COP(=O)(O)OC[C@@H](O)COP(=O)(O)OC[C@@H](COC(=O)CCCCCCCCC(C)C)OC(=O)CCCCCCCCCCCCCCCC. The summed E-state index contributed by atoms with van der Waals surface area (Å²) in [6.07, 6.45) is 54.1. The third-order valence-electron chi connectivity index (χ3n) is 17.0. The molecule has 546 valence electrons. The maximum Gasteiger partial charge on any atom is 0.472 e. The number of aliphatic hydroxyl groups is 1. The van der Waals surface area contributed by atoms with Crippen LogP contribution in [0.3, 0.4) is 0 Å². The minimum Gasteiger partial charge on any atom is -0.462 e. The predicted octanol–water partition coefficient (Wildman–Crippen LogP) is 21.3. The summed E-state index contributed by atoms with van der Waals surface area (Å²) < 4.78 is 68.4. The van der Waals surface area contributed by atoms with Crippen molar-refractivity contribution in [1.82, 2.24) is 0 Å². The zero-order valence-corrected chi connectivity index (χ0v) is 61.5. The maximum absolute atomic E-state index is 13.1. The molecule has 0 radical (unpaired) electrons. The Morgan fingerprint density at radius 1 is 0.293 bits per heavy atom. The van der Waals surface area contributed by atoms with Crippen LogP contribution in [0, 0.1) is 5.92 Å². The number of phosphoric ester groups is 2. The van der Waals surface area contributed by atoms with Crippen LogP contribution < -0.4 is 0 Å². The first kappa shape index (κ1) is 90.1. The fraction of sp³-hybridized carbons (Fsp3) is 0.945. The molecule has 0 bridgehead atoms. The number of aliphatic hydroxyl groups excluding tert-OH is 1. The number of rotatable bonds is 73. The van der Waals surface area contributed by atoms with Crippen LogP contribution >= 0.6 is 15.6 Å². The molecule has 0 amide bonds. The molecule has 0 aromatic rings. The summed E-state index contributed by atoms with van der Waals surface area (Å²) in [5, 5.41) is 10.6. The van der Waals surface area contributed by atoms with Crippen molar-refractivity contribution in [2.45, 2.75) is 400 Å². The van der Waals surface area contributed by atoms with Crippen LogP contribution in [-0.2, 0) is 65.4 Å². The molecule has 0 saturated heterocycles. The van der Waals surface area contributed by atoms with E-state index in [2.05, 4.69) is 34.6 Å². The molecular weight excluding hydrogens is 1210 g/mol. The Morgan fingerprint density at radius 3 is 0.739 bits per heavy atom. The minimum atomic E-state index is -4.95. The number of carbonyl (C=O) groups excluding carboxylic acids is 4. The van der Waals surface area contributed by atoms with Crippen molar-refractivity contribution in [2.24, 2.45) is 5.92 Å². The van der Waals surface area contributed by atoms with E-state index in [9.17, 15) is 43.2 Å². The van der Waals surface area contributed by atoms with Crippen molar-refractivity contribution in [3.8, 4) is 0 Å². The second-order valence-corrected chi connectivity index (χ2v) is 29.7. The van der Waals surface area contributed by atoms with Crippen molar-refractivity contribution in [3.63, 3.8) is 0 Å². The fourth-order valence-corrected chi connectivity index (χ4v) is 12.8. The van der Waals surface area contributed by atoms with Gasteiger partial charge in [-0.3, -0.25) is 37.3 Å². The average Bonchev–Trinajstić information content (AvgIpc) is 3.06. The summed E-state index contributed by atoms with van der Waals surface area (Å²) in [5.41, 5.74) is 0. The highest BCUT2D eigenvalue weighted by Crippen LogP contribution is 2.45. The van der Waals surface area contributed by atoms with Gasteiger partial charge in [-0.05, 0) is 31.6 Å². The second-order valence-electron chi connectivity index (χ2n) is 26.8. The van der Waals surface area contributed by atoms with E-state index >= 15 is 0 Å². The van der Waals surface area contributed by atoms with Crippen molar-refractivity contribution >= 4 is 39.5 Å². The van der Waals surface area contributed by atoms with Gasteiger partial charge in [0.05, 0.1) is 26.4 Å². The van der Waals surface area contributed by atoms with Gasteiger partial charge in [-0.25, -0.2) is 9.13 Å². The summed E-state index contributed by atoms with van der Waals surface area (Å²) in [7, 11) is -9.90. The van der Waals surface area contributed by atoms with E-state index in [1.807, 2.05) is 0 Å². The molecule has 0 spiro atoms. The van der Waals surface area contributed by atoms with Gasteiger partial charge >= 0.3 is 39.5 Å². The van der Waals surface area contributed by atoms with Gasteiger partial charge in [0.25, 0.3) is 0 Å². The zero-order valence-electron chi connectivity index (χ0n) is 59.7. The maximum atomic E-state index is 13.1. The summed E-state index contributed by atoms with van der Waals surface area (Å²) in [6, 6.07) is 0. The lowest BCUT2D eigenvalue weighted by Gasteiger charge is -2.21. The molecule has 0 saturated carbocycles. The first-order valence-electron chi connectivity index (χ1n) is 38.1. The lowest BCUT2D eigenvalue weighted by molar-refractivity contribution is -0.161. The van der Waals surface area contributed by atoms with Gasteiger partial charge in [0.1, 0.15) is 19.3 Å². The van der Waals surface area contributed by atoms with E-state index < -0.39 is 97.5 Å². The standard InChI is InChI=1S/C73H142O17P2/c1-6-9-12-15-18-21-24-27-30-33-36-39-42-49-54-59-72(77)89-68(62-83-70(75)56-51-46-40-37-34-31-28-25-22-19-16-13-10-7-2)64-87-91(79,80)85-60-67(74)61-86-92(81,82)88-65-69(63-84-71(76)57-52-47-44-43-45-50-55-66(4)5)90-73(78)58-53-48-41-38-35-32-29-26-23-20-17-14-11-8-3/h66-69,74H,6-65H2,1-5H3,(H,79,80)(H,81,82)/t67-,68-,69-/m1/s1. The molecule has 2 unspecified atom stereocenters. The van der Waals surface area contributed by atoms with Gasteiger partial charge in [0, 0.05) is 25.7 Å². The summed E-state index contributed by atoms with van der Waals surface area (Å²) >= 11 is 0. The largest absolute Gasteiger partial charge is 0.472 e. The Hall–Kier alpha value is -1.94. The number of carbonyl (C=O) groups is 4. The Balaban J connectivity index is 5.24. The average molecular weight is 1350 g/mol. The minimum absolute atomic E-state index is 0.107. The van der Waals surface area contributed by atoms with Crippen LogP contribution in [0.4, 0.5) is 0 Å². The van der Waals surface area contributed by atoms with Crippen molar-refractivity contribution in [2.75, 3.05) is 39.6 Å². The van der Waals surface area contributed by atoms with Crippen molar-refractivity contribution in [1.29, 1.82) is 0 Å². The van der Waals surface area contributed by atoms with E-state index in [-0.39, 0.29) is 25.7 Å². The first-order chi connectivity index (χ1) is 44.5. The normalized spacial score (nSPS) is 14.0. The molecule has 0 rings (SSSR count). The molecule has 0 aliphatic heterocycles. The van der Waals surface area contributed by atoms with E-state index in [0.717, 1.165) is 96.3 Å². The van der Waals surface area contributed by atoms with Gasteiger partial charge in [0.15, 0.2) is 12.2 Å². The number of hydrogen-bond donors (Lipinski definition) is 3. The molecule has 19 heteroatoms. The Kier molecular flexibility index (Phi) is 64.9. The molecule has 92 heavy (non-hydrogen) atoms. The monoisotopic (exact) mass is 1350 g/mol. The molecular formula is C73H142O17P2. The van der Waals surface area contributed by atoms with Crippen LogP contribution in [0.15, 0.2) is 0 Å². The van der Waals surface area contributed by atoms with Gasteiger partial charge in [-0.15, -0.1) is 0 Å². The van der Waals surface area contributed by atoms with Crippen LogP contribution in [-0.4, -0.2) is 96.7 Å². The van der Waals surface area contributed by atoms with Crippen LogP contribution in [0.5, 0.6) is 0 Å². The fourth-order valence-electron chi connectivity index (χ4n) is 11.2. The van der Waals surface area contributed by atoms with Crippen LogP contribution in [0.2, 0.25) is 0 Å². The number of hydrogen-bond acceptors (Lipinski definition) is 15. The lowest BCUT2D eigenvalue weighted by atomic mass is 10.0. The topological polar surface area (TPSA) is 237 Å². The van der Waals surface area contributed by atoms with Gasteiger partial charge < -0.3 is 33.8 Å². The molecule has 0 fully saturated rings. The van der Waals surface area contributed by atoms with Crippen LogP contribution in [0.1, 0.15) is 381 Å². The smallest absolute Gasteiger partial charge is 0.462 e. The van der Waals surface area contributed by atoms with Crippen LogP contribution in [0.25, 0.3) is 0 Å². The molecule has 0 aromatic heterocycles. The summed E-state index contributed by atoms with van der Waals surface area (Å²) in [6.45, 7) is 7.20. The van der Waals surface area contributed by atoms with Gasteiger partial charge in [-0.1, -0.05) is 330 Å². The number of ether oxygens (including phenoxy) is 4. The lowest BCUT2D eigenvalue weighted by Crippen LogP contribution is -2.30. The molecule has 5 atom stereocenters. The highest BCUT2D eigenvalue weighted by atomic mass is 31.2. The number of unbranched alkanes of at least 4 members (excludes halogenated alkanes) is 45. The van der Waals surface area contributed by atoms with Gasteiger partial charge in [-0.2, -0.15) is 0 Å².